The minimum absolute atomic E-state index is 0.304. The predicted octanol–water partition coefficient (Wildman–Crippen LogP) is 2.92. The zero-order valence-corrected chi connectivity index (χ0v) is 12.3. The van der Waals surface area contributed by atoms with Crippen molar-refractivity contribution in [3.63, 3.8) is 0 Å². The molecule has 0 amide bonds. The van der Waals surface area contributed by atoms with Crippen LogP contribution in [0.1, 0.15) is 44.6 Å². The van der Waals surface area contributed by atoms with E-state index >= 15 is 0 Å². The highest BCUT2D eigenvalue weighted by Crippen LogP contribution is 2.42. The van der Waals surface area contributed by atoms with E-state index in [-0.39, 0.29) is 0 Å². The summed E-state index contributed by atoms with van der Waals surface area (Å²) in [6, 6.07) is 8.38. The van der Waals surface area contributed by atoms with Crippen molar-refractivity contribution in [2.45, 2.75) is 50.7 Å². The molecule has 0 aliphatic carbocycles. The maximum absolute atomic E-state index is 11.1. The summed E-state index contributed by atoms with van der Waals surface area (Å²) in [6.07, 6.45) is 5.50. The monoisotopic (exact) mass is 275 g/mol. The summed E-state index contributed by atoms with van der Waals surface area (Å²) in [5, 5.41) is 11.1. The number of rotatable bonds is 4. The minimum Gasteiger partial charge on any atom is -0.494 e. The highest BCUT2D eigenvalue weighted by molar-refractivity contribution is 5.33. The molecule has 2 saturated heterocycles. The van der Waals surface area contributed by atoms with Gasteiger partial charge >= 0.3 is 0 Å². The zero-order chi connectivity index (χ0) is 14.0. The molecule has 0 bridgehead atoms. The molecule has 0 saturated carbocycles. The number of hydrogen-bond donors (Lipinski definition) is 1. The number of aliphatic hydroxyl groups is 1. The predicted molar refractivity (Wildman–Crippen MR) is 80.0 cm³/mol. The summed E-state index contributed by atoms with van der Waals surface area (Å²) in [5.74, 6) is 0.901. The van der Waals surface area contributed by atoms with Gasteiger partial charge in [-0.1, -0.05) is 25.5 Å². The third kappa shape index (κ3) is 2.45. The van der Waals surface area contributed by atoms with Crippen LogP contribution in [0.3, 0.4) is 0 Å². The number of piperidine rings is 1. The molecule has 0 aromatic heterocycles. The molecule has 3 heteroatoms. The van der Waals surface area contributed by atoms with Crippen LogP contribution in [0, 0.1) is 0 Å². The van der Waals surface area contributed by atoms with Crippen molar-refractivity contribution < 1.29 is 9.84 Å². The Morgan fingerprint density at radius 1 is 1.25 bits per heavy atom. The molecule has 2 atom stereocenters. The van der Waals surface area contributed by atoms with Gasteiger partial charge in [-0.3, -0.25) is 4.90 Å². The number of ether oxygens (including phenoxy) is 1. The van der Waals surface area contributed by atoms with Gasteiger partial charge in [-0.25, -0.2) is 0 Å². The van der Waals surface area contributed by atoms with Crippen LogP contribution in [-0.2, 0) is 5.60 Å². The molecule has 2 aliphatic heterocycles. The number of fused-ring (bicyclic) bond motifs is 1. The van der Waals surface area contributed by atoms with E-state index in [1.807, 2.05) is 24.3 Å². The Balaban J connectivity index is 1.77. The highest BCUT2D eigenvalue weighted by atomic mass is 16.5. The van der Waals surface area contributed by atoms with Crippen LogP contribution in [0.2, 0.25) is 0 Å². The molecule has 2 unspecified atom stereocenters. The quantitative estimate of drug-likeness (QED) is 0.917. The normalized spacial score (nSPS) is 30.2. The van der Waals surface area contributed by atoms with Gasteiger partial charge in [-0.2, -0.15) is 0 Å². The van der Waals surface area contributed by atoms with Crippen molar-refractivity contribution >= 4 is 0 Å². The van der Waals surface area contributed by atoms with E-state index in [0.717, 1.165) is 50.3 Å². The van der Waals surface area contributed by atoms with E-state index < -0.39 is 5.60 Å². The van der Waals surface area contributed by atoms with E-state index in [9.17, 15) is 5.11 Å². The molecule has 1 aromatic carbocycles. The maximum Gasteiger partial charge on any atom is 0.119 e. The number of benzene rings is 1. The second-order valence-electron chi connectivity index (χ2n) is 6.09. The van der Waals surface area contributed by atoms with Gasteiger partial charge in [0, 0.05) is 12.6 Å². The molecule has 20 heavy (non-hydrogen) atoms. The molecule has 2 fully saturated rings. The van der Waals surface area contributed by atoms with Crippen molar-refractivity contribution in [2.75, 3.05) is 19.7 Å². The Hall–Kier alpha value is -1.06. The van der Waals surface area contributed by atoms with Crippen molar-refractivity contribution in [1.82, 2.24) is 4.90 Å². The molecule has 3 nitrogen and oxygen atoms in total. The first-order valence-corrected chi connectivity index (χ1v) is 7.94. The topological polar surface area (TPSA) is 32.7 Å². The first-order chi connectivity index (χ1) is 9.74. The lowest BCUT2D eigenvalue weighted by molar-refractivity contribution is -0.0138. The van der Waals surface area contributed by atoms with Crippen LogP contribution in [0.25, 0.3) is 0 Å². The molecule has 3 rings (SSSR count). The maximum atomic E-state index is 11.1. The van der Waals surface area contributed by atoms with Crippen molar-refractivity contribution in [2.24, 2.45) is 0 Å². The van der Waals surface area contributed by atoms with Gasteiger partial charge in [0.1, 0.15) is 11.4 Å². The van der Waals surface area contributed by atoms with E-state index in [2.05, 4.69) is 11.8 Å². The summed E-state index contributed by atoms with van der Waals surface area (Å²) in [5.41, 5.74) is 0.389. The average molecular weight is 275 g/mol. The van der Waals surface area contributed by atoms with Crippen molar-refractivity contribution in [3.05, 3.63) is 29.8 Å². The lowest BCUT2D eigenvalue weighted by Crippen LogP contribution is -2.45. The summed E-state index contributed by atoms with van der Waals surface area (Å²) >= 11 is 0. The summed E-state index contributed by atoms with van der Waals surface area (Å²) in [6.45, 7) is 5.02. The van der Waals surface area contributed by atoms with Gasteiger partial charge < -0.3 is 9.84 Å². The molecule has 1 N–H and O–H groups in total. The van der Waals surface area contributed by atoms with E-state index in [1.165, 1.54) is 12.8 Å². The first-order valence-electron chi connectivity index (χ1n) is 7.94. The second-order valence-corrected chi connectivity index (χ2v) is 6.09. The van der Waals surface area contributed by atoms with Gasteiger partial charge in [-0.15, -0.1) is 0 Å². The molecular formula is C17H25NO2. The molecule has 0 radical (unpaired) electrons. The Kier molecular flexibility index (Phi) is 3.99. The minimum atomic E-state index is -0.663. The molecule has 1 aromatic rings. The Bertz CT molecular complexity index is 445. The summed E-state index contributed by atoms with van der Waals surface area (Å²) < 4.78 is 5.62. The molecule has 0 spiro atoms. The van der Waals surface area contributed by atoms with Crippen LogP contribution < -0.4 is 4.74 Å². The fourth-order valence-corrected chi connectivity index (χ4v) is 3.68. The Labute approximate surface area is 121 Å². The third-order valence-corrected chi connectivity index (χ3v) is 4.77. The largest absolute Gasteiger partial charge is 0.494 e. The van der Waals surface area contributed by atoms with Crippen molar-refractivity contribution in [3.8, 4) is 5.75 Å². The van der Waals surface area contributed by atoms with Crippen LogP contribution in [0.5, 0.6) is 5.75 Å². The van der Waals surface area contributed by atoms with Crippen LogP contribution in [0.4, 0.5) is 0 Å². The van der Waals surface area contributed by atoms with Crippen molar-refractivity contribution in [1.29, 1.82) is 0 Å². The van der Waals surface area contributed by atoms with E-state index in [0.29, 0.717) is 6.04 Å². The standard InChI is InChI=1S/C17H25NO2/c1-2-13-20-15-8-6-14(7-9-15)17(19)10-12-18-11-4-3-5-16(17)18/h6-9,16,19H,2-5,10-13H2,1H3. The fourth-order valence-electron chi connectivity index (χ4n) is 3.68. The zero-order valence-electron chi connectivity index (χ0n) is 12.3. The van der Waals surface area contributed by atoms with Crippen LogP contribution >= 0.6 is 0 Å². The Morgan fingerprint density at radius 3 is 2.80 bits per heavy atom. The van der Waals surface area contributed by atoms with Gasteiger partial charge in [0.25, 0.3) is 0 Å². The molecule has 2 heterocycles. The number of nitrogens with zero attached hydrogens (tertiary/aromatic N) is 1. The smallest absolute Gasteiger partial charge is 0.119 e. The van der Waals surface area contributed by atoms with Crippen LogP contribution in [0.15, 0.2) is 24.3 Å². The third-order valence-electron chi connectivity index (χ3n) is 4.77. The molecule has 2 aliphatic rings. The molecular weight excluding hydrogens is 250 g/mol. The lowest BCUT2D eigenvalue weighted by Gasteiger charge is -2.37. The highest BCUT2D eigenvalue weighted by Gasteiger charge is 2.47. The van der Waals surface area contributed by atoms with E-state index in [4.69, 9.17) is 4.74 Å². The van der Waals surface area contributed by atoms with Gasteiger partial charge in [0.15, 0.2) is 0 Å². The van der Waals surface area contributed by atoms with Gasteiger partial charge in [0.05, 0.1) is 6.61 Å². The summed E-state index contributed by atoms with van der Waals surface area (Å²) in [4.78, 5) is 2.46. The Morgan fingerprint density at radius 2 is 2.05 bits per heavy atom. The average Bonchev–Trinajstić information content (AvgIpc) is 2.85. The lowest BCUT2D eigenvalue weighted by atomic mass is 9.83. The van der Waals surface area contributed by atoms with E-state index in [1.54, 1.807) is 0 Å². The van der Waals surface area contributed by atoms with Crippen LogP contribution in [-0.4, -0.2) is 35.7 Å². The van der Waals surface area contributed by atoms with Gasteiger partial charge in [-0.05, 0) is 49.9 Å². The number of hydrogen-bond acceptors (Lipinski definition) is 3. The molecule has 110 valence electrons. The van der Waals surface area contributed by atoms with Gasteiger partial charge in [0.2, 0.25) is 0 Å². The SMILES string of the molecule is CCCOc1ccc(C2(O)CCN3CCCCC32)cc1. The fraction of sp³-hybridized carbons (Fsp3) is 0.647. The first kappa shape index (κ1) is 13.9. The second kappa shape index (κ2) is 5.74. The summed E-state index contributed by atoms with van der Waals surface area (Å²) in [7, 11) is 0.